The molecule has 0 spiro atoms. The summed E-state index contributed by atoms with van der Waals surface area (Å²) in [6, 6.07) is 9.64. The molecule has 0 radical (unpaired) electrons. The average molecular weight is 412 g/mol. The third-order valence-corrected chi connectivity index (χ3v) is 4.71. The Bertz CT molecular complexity index is 871. The highest BCUT2D eigenvalue weighted by atomic mass is 32.2. The Morgan fingerprint density at radius 3 is 2.00 bits per heavy atom. The van der Waals surface area contributed by atoms with Gasteiger partial charge in [0, 0.05) is 6.42 Å². The summed E-state index contributed by atoms with van der Waals surface area (Å²) in [6.07, 6.45) is -10.9. The van der Waals surface area contributed by atoms with Gasteiger partial charge in [-0.25, -0.2) is 0 Å². The maximum absolute atomic E-state index is 13.1. The van der Waals surface area contributed by atoms with Gasteiger partial charge in [-0.15, -0.1) is 0 Å². The Balaban J connectivity index is 2.12. The zero-order valence-electron chi connectivity index (χ0n) is 13.6. The molecule has 148 valence electrons. The van der Waals surface area contributed by atoms with Gasteiger partial charge in [0.2, 0.25) is 0 Å². The summed E-state index contributed by atoms with van der Waals surface area (Å²) in [5, 5.41) is 0. The first-order valence-corrected chi connectivity index (χ1v) is 9.21. The van der Waals surface area contributed by atoms with Crippen LogP contribution in [0.1, 0.15) is 18.4 Å². The summed E-state index contributed by atoms with van der Waals surface area (Å²) in [5.74, 6) is -1.03. The highest BCUT2D eigenvalue weighted by Crippen LogP contribution is 2.37. The maximum atomic E-state index is 13.1. The topological polar surface area (TPSA) is 43.4 Å². The number of rotatable bonds is 6. The van der Waals surface area contributed by atoms with E-state index in [0.29, 0.717) is 0 Å². The Kier molecular flexibility index (Phi) is 6.08. The molecule has 0 atom stereocenters. The number of hydrogen-bond acceptors (Lipinski definition) is 3. The second-order valence-electron chi connectivity index (χ2n) is 5.63. The van der Waals surface area contributed by atoms with E-state index in [2.05, 4.69) is 4.18 Å². The minimum atomic E-state index is -4.56. The van der Waals surface area contributed by atoms with Crippen LogP contribution < -0.4 is 4.18 Å². The Morgan fingerprint density at radius 2 is 1.44 bits per heavy atom. The van der Waals surface area contributed by atoms with Crippen LogP contribution in [0.3, 0.4) is 0 Å². The molecule has 0 saturated carbocycles. The summed E-state index contributed by atoms with van der Waals surface area (Å²) in [7, 11) is -4.25. The molecule has 0 aromatic heterocycles. The Morgan fingerprint density at radius 1 is 0.852 bits per heavy atom. The first kappa shape index (κ1) is 21.1. The lowest BCUT2D eigenvalue weighted by Crippen LogP contribution is -2.16. The zero-order chi connectivity index (χ0) is 20.3. The van der Waals surface area contributed by atoms with Crippen LogP contribution in [0.5, 0.6) is 5.75 Å². The van der Waals surface area contributed by atoms with Crippen molar-refractivity contribution in [2.24, 2.45) is 0 Å². The van der Waals surface area contributed by atoms with Crippen molar-refractivity contribution in [3.63, 3.8) is 0 Å². The van der Waals surface area contributed by atoms with Gasteiger partial charge in [-0.2, -0.15) is 34.8 Å². The van der Waals surface area contributed by atoms with E-state index in [1.807, 2.05) is 0 Å². The summed E-state index contributed by atoms with van der Waals surface area (Å²) >= 11 is 0. The van der Waals surface area contributed by atoms with Crippen molar-refractivity contribution >= 4 is 10.1 Å². The average Bonchev–Trinajstić information content (AvgIpc) is 2.53. The van der Waals surface area contributed by atoms with Crippen molar-refractivity contribution in [1.29, 1.82) is 0 Å². The van der Waals surface area contributed by atoms with Crippen LogP contribution in [0.25, 0.3) is 11.1 Å². The molecule has 0 unspecified atom stereocenters. The summed E-state index contributed by atoms with van der Waals surface area (Å²) in [6.45, 7) is 0. The van der Waals surface area contributed by atoms with Crippen LogP contribution >= 0.6 is 0 Å². The summed E-state index contributed by atoms with van der Waals surface area (Å²) < 4.78 is 103. The predicted molar refractivity (Wildman–Crippen MR) is 86.6 cm³/mol. The smallest absolute Gasteiger partial charge is 0.382 e. The molecular formula is C17H14F6O3S. The lowest BCUT2D eigenvalue weighted by molar-refractivity contribution is -0.137. The molecule has 2 aromatic rings. The molecule has 0 heterocycles. The Labute approximate surface area is 151 Å². The van der Waals surface area contributed by atoms with E-state index in [1.54, 1.807) is 0 Å². The van der Waals surface area contributed by atoms with Gasteiger partial charge in [0.1, 0.15) is 5.75 Å². The fraction of sp³-hybridized carbons (Fsp3) is 0.294. The van der Waals surface area contributed by atoms with E-state index < -0.39 is 46.6 Å². The van der Waals surface area contributed by atoms with Gasteiger partial charge in [-0.3, -0.25) is 0 Å². The maximum Gasteiger partial charge on any atom is 0.417 e. The number of benzene rings is 2. The van der Waals surface area contributed by atoms with E-state index in [4.69, 9.17) is 0 Å². The fourth-order valence-corrected chi connectivity index (χ4v) is 3.30. The quantitative estimate of drug-likeness (QED) is 0.470. The SMILES string of the molecule is O=S(=O)(CCCC(F)(F)F)Oc1ccc(-c2ccccc2C(F)(F)F)cc1. The Hall–Kier alpha value is -2.23. The van der Waals surface area contributed by atoms with Crippen molar-refractivity contribution in [2.45, 2.75) is 25.2 Å². The van der Waals surface area contributed by atoms with Crippen molar-refractivity contribution in [1.82, 2.24) is 0 Å². The van der Waals surface area contributed by atoms with E-state index >= 15 is 0 Å². The number of halogens is 6. The normalized spacial score (nSPS) is 12.8. The summed E-state index contributed by atoms with van der Waals surface area (Å²) in [5.41, 5.74) is -0.757. The molecule has 0 aliphatic carbocycles. The molecular weight excluding hydrogens is 398 g/mol. The van der Waals surface area contributed by atoms with Gasteiger partial charge < -0.3 is 4.18 Å². The monoisotopic (exact) mass is 412 g/mol. The minimum Gasteiger partial charge on any atom is -0.382 e. The van der Waals surface area contributed by atoms with E-state index in [9.17, 15) is 34.8 Å². The molecule has 27 heavy (non-hydrogen) atoms. The second kappa shape index (κ2) is 7.79. The van der Waals surface area contributed by atoms with Crippen LogP contribution in [0, 0.1) is 0 Å². The van der Waals surface area contributed by atoms with Gasteiger partial charge in [0.15, 0.2) is 0 Å². The molecule has 0 bridgehead atoms. The van der Waals surface area contributed by atoms with Gasteiger partial charge in [-0.1, -0.05) is 30.3 Å². The van der Waals surface area contributed by atoms with E-state index in [0.717, 1.165) is 18.2 Å². The molecule has 10 heteroatoms. The molecule has 0 aliphatic heterocycles. The number of hydrogen-bond donors (Lipinski definition) is 0. The number of alkyl halides is 6. The highest BCUT2D eigenvalue weighted by molar-refractivity contribution is 7.87. The summed E-state index contributed by atoms with van der Waals surface area (Å²) in [4.78, 5) is 0. The second-order valence-corrected chi connectivity index (χ2v) is 7.32. The van der Waals surface area contributed by atoms with Gasteiger partial charge in [-0.05, 0) is 35.7 Å². The fourth-order valence-electron chi connectivity index (χ4n) is 2.31. The third-order valence-electron chi connectivity index (χ3n) is 3.48. The van der Waals surface area contributed by atoms with Crippen molar-refractivity contribution in [3.8, 4) is 16.9 Å². The van der Waals surface area contributed by atoms with Crippen LogP contribution in [0.2, 0.25) is 0 Å². The molecule has 2 aromatic carbocycles. The molecule has 0 amide bonds. The van der Waals surface area contributed by atoms with Crippen LogP contribution in [0.15, 0.2) is 48.5 Å². The molecule has 2 rings (SSSR count). The molecule has 0 saturated heterocycles. The van der Waals surface area contributed by atoms with Crippen molar-refractivity contribution < 1.29 is 38.9 Å². The van der Waals surface area contributed by atoms with Crippen molar-refractivity contribution in [2.75, 3.05) is 5.75 Å². The van der Waals surface area contributed by atoms with Crippen LogP contribution in [-0.2, 0) is 16.3 Å². The van der Waals surface area contributed by atoms with Crippen LogP contribution in [0.4, 0.5) is 26.3 Å². The first-order valence-electron chi connectivity index (χ1n) is 7.63. The third kappa shape index (κ3) is 6.46. The lowest BCUT2D eigenvalue weighted by Gasteiger charge is -2.13. The molecule has 3 nitrogen and oxygen atoms in total. The standard InChI is InChI=1S/C17H14F6O3S/c18-16(19,20)10-3-11-27(24,25)26-13-8-6-12(7-9-13)14-4-1-2-5-15(14)17(21,22)23/h1-2,4-9H,3,10-11H2. The molecule has 0 fully saturated rings. The minimum absolute atomic E-state index is 0.0930. The largest absolute Gasteiger partial charge is 0.417 e. The highest BCUT2D eigenvalue weighted by Gasteiger charge is 2.33. The first-order chi connectivity index (χ1) is 12.4. The van der Waals surface area contributed by atoms with Gasteiger partial charge in [0.25, 0.3) is 0 Å². The van der Waals surface area contributed by atoms with Gasteiger partial charge >= 0.3 is 22.5 Å². The van der Waals surface area contributed by atoms with E-state index in [-0.39, 0.29) is 16.9 Å². The zero-order valence-corrected chi connectivity index (χ0v) is 14.5. The van der Waals surface area contributed by atoms with Crippen molar-refractivity contribution in [3.05, 3.63) is 54.1 Å². The molecule has 0 N–H and O–H groups in total. The van der Waals surface area contributed by atoms with E-state index in [1.165, 1.54) is 30.3 Å². The lowest BCUT2D eigenvalue weighted by atomic mass is 9.99. The van der Waals surface area contributed by atoms with Crippen LogP contribution in [-0.4, -0.2) is 20.3 Å². The van der Waals surface area contributed by atoms with Gasteiger partial charge in [0.05, 0.1) is 11.3 Å². The predicted octanol–water partition coefficient (Wildman–Crippen LogP) is 5.42. The molecule has 0 aliphatic rings.